The molecule has 0 aromatic rings. The summed E-state index contributed by atoms with van der Waals surface area (Å²) in [6.07, 6.45) is -1.20. The molecule has 2 N–H and O–H groups in total. The second kappa shape index (κ2) is 4.96. The van der Waals surface area contributed by atoms with Gasteiger partial charge in [0.1, 0.15) is 0 Å². The van der Waals surface area contributed by atoms with Crippen LogP contribution in [0.15, 0.2) is 0 Å². The Morgan fingerprint density at radius 1 is 1.38 bits per heavy atom. The van der Waals surface area contributed by atoms with Gasteiger partial charge in [0.2, 0.25) is 0 Å². The van der Waals surface area contributed by atoms with Crippen LogP contribution in [0.25, 0.3) is 0 Å². The van der Waals surface area contributed by atoms with Gasteiger partial charge in [-0.05, 0) is 14.1 Å². The van der Waals surface area contributed by atoms with Gasteiger partial charge >= 0.3 is 0 Å². The molecule has 0 saturated carbocycles. The minimum atomic E-state index is -1.20. The van der Waals surface area contributed by atoms with Gasteiger partial charge in [-0.15, -0.1) is 0 Å². The zero-order valence-electron chi connectivity index (χ0n) is 5.03. The van der Waals surface area contributed by atoms with E-state index >= 15 is 0 Å². The predicted molar refractivity (Wildman–Crippen MR) is 29.3 cm³/mol. The summed E-state index contributed by atoms with van der Waals surface area (Å²) >= 11 is 0. The summed E-state index contributed by atoms with van der Waals surface area (Å²) in [7, 11) is 3.55. The highest BCUT2D eigenvalue weighted by Gasteiger charge is 1.95. The van der Waals surface area contributed by atoms with Gasteiger partial charge in [-0.25, -0.2) is 0 Å². The molecule has 0 aliphatic heterocycles. The lowest BCUT2D eigenvalue weighted by Crippen LogP contribution is -2.24. The van der Waals surface area contributed by atoms with E-state index in [-0.39, 0.29) is 4.70 Å². The number of hydrogen-bond donors (Lipinski definition) is 2. The average molecular weight is 125 g/mol. The summed E-state index contributed by atoms with van der Waals surface area (Å²) in [6.45, 7) is 0.306. The fourth-order valence-corrected chi connectivity index (χ4v) is 0.327. The highest BCUT2D eigenvalue weighted by Crippen LogP contribution is 1.76. The Morgan fingerprint density at radius 2 is 1.75 bits per heavy atom. The first kappa shape index (κ1) is 10.7. The molecule has 0 aliphatic carbocycles. The van der Waals surface area contributed by atoms with E-state index in [1.54, 1.807) is 19.0 Å². The van der Waals surface area contributed by atoms with Gasteiger partial charge in [0.15, 0.2) is 6.29 Å². The molecule has 0 aliphatic rings. The molecule has 0 saturated heterocycles. The smallest absolute Gasteiger partial charge is 0.164 e. The molecule has 0 rings (SSSR count). The van der Waals surface area contributed by atoms with Crippen molar-refractivity contribution >= 4 is 0 Å². The molecular weight excluding hydrogens is 113 g/mol. The van der Waals surface area contributed by atoms with Crippen molar-refractivity contribution in [3.63, 3.8) is 0 Å². The minimum absolute atomic E-state index is 0. The van der Waals surface area contributed by atoms with E-state index in [2.05, 4.69) is 0 Å². The Bertz CT molecular complexity index is 43.3. The first-order valence-electron chi connectivity index (χ1n) is 2.14. The predicted octanol–water partition coefficient (Wildman–Crippen LogP) is -0.989. The lowest BCUT2D eigenvalue weighted by molar-refractivity contribution is -0.0537. The van der Waals surface area contributed by atoms with Crippen LogP contribution in [0.5, 0.6) is 0 Å². The van der Waals surface area contributed by atoms with E-state index in [9.17, 15) is 0 Å². The lowest BCUT2D eigenvalue weighted by Gasteiger charge is -2.09. The van der Waals surface area contributed by atoms with Crippen LogP contribution in [0, 0.1) is 0 Å². The molecule has 0 amide bonds. The number of aliphatic hydroxyl groups excluding tert-OH is 1. The molecule has 8 heavy (non-hydrogen) atoms. The van der Waals surface area contributed by atoms with Crippen molar-refractivity contribution in [2.24, 2.45) is 0 Å². The van der Waals surface area contributed by atoms with Gasteiger partial charge in [0, 0.05) is 6.54 Å². The third-order valence-corrected chi connectivity index (χ3v) is 0.528. The summed E-state index contributed by atoms with van der Waals surface area (Å²) in [5, 5.41) is 16.5. The molecule has 0 heterocycles. The maximum Gasteiger partial charge on any atom is 0.164 e. The van der Waals surface area contributed by atoms with E-state index in [1.807, 2.05) is 0 Å². The Kier molecular flexibility index (Phi) is 6.65. The summed E-state index contributed by atoms with van der Waals surface area (Å²) < 4.78 is 0. The van der Waals surface area contributed by atoms with Gasteiger partial charge in [0.25, 0.3) is 0 Å². The molecule has 0 radical (unpaired) electrons. The second-order valence-corrected chi connectivity index (χ2v) is 1.74. The van der Waals surface area contributed by atoms with Crippen LogP contribution in [-0.2, 0) is 0 Å². The quantitative estimate of drug-likeness (QED) is 0.466. The number of nitrogens with zero attached hydrogens (tertiary/aromatic N) is 1. The summed E-state index contributed by atoms with van der Waals surface area (Å²) in [6, 6.07) is 0. The van der Waals surface area contributed by atoms with Crippen LogP contribution in [-0.4, -0.2) is 42.0 Å². The van der Waals surface area contributed by atoms with E-state index in [1.165, 1.54) is 0 Å². The fourth-order valence-electron chi connectivity index (χ4n) is 0.327. The second-order valence-electron chi connectivity index (χ2n) is 1.74. The molecule has 0 atom stereocenters. The molecule has 0 fully saturated rings. The zero-order chi connectivity index (χ0) is 5.86. The standard InChI is InChI=1S/C4H11NO2.FH/c1-5(2)3-4(6)7;/h4,6-7H,3H2,1-2H3;1H. The number of halogens is 1. The summed E-state index contributed by atoms with van der Waals surface area (Å²) in [5.41, 5.74) is 0. The molecule has 52 valence electrons. The molecule has 0 bridgehead atoms. The number of rotatable bonds is 2. The van der Waals surface area contributed by atoms with Crippen LogP contribution >= 0.6 is 0 Å². The zero-order valence-corrected chi connectivity index (χ0v) is 5.03. The van der Waals surface area contributed by atoms with Gasteiger partial charge in [-0.1, -0.05) is 0 Å². The van der Waals surface area contributed by atoms with Crippen LogP contribution in [0.3, 0.4) is 0 Å². The number of likely N-dealkylation sites (N-methyl/N-ethyl adjacent to an activating group) is 1. The van der Waals surface area contributed by atoms with Crippen molar-refractivity contribution in [2.75, 3.05) is 20.6 Å². The van der Waals surface area contributed by atoms with Crippen molar-refractivity contribution in [1.29, 1.82) is 0 Å². The maximum atomic E-state index is 8.24. The Morgan fingerprint density at radius 3 is 1.75 bits per heavy atom. The Balaban J connectivity index is 0. The van der Waals surface area contributed by atoms with E-state index in [0.717, 1.165) is 0 Å². The highest BCUT2D eigenvalue weighted by molar-refractivity contribution is 4.40. The first-order chi connectivity index (χ1) is 3.13. The van der Waals surface area contributed by atoms with Gasteiger partial charge < -0.3 is 15.1 Å². The topological polar surface area (TPSA) is 43.7 Å². The van der Waals surface area contributed by atoms with Crippen LogP contribution in [0.4, 0.5) is 4.70 Å². The SMILES string of the molecule is CN(C)CC(O)O.F. The summed E-state index contributed by atoms with van der Waals surface area (Å²) in [5.74, 6) is 0. The van der Waals surface area contributed by atoms with Gasteiger partial charge in [-0.2, -0.15) is 0 Å². The van der Waals surface area contributed by atoms with Gasteiger partial charge in [-0.3, -0.25) is 4.70 Å². The van der Waals surface area contributed by atoms with Crippen LogP contribution in [0.1, 0.15) is 0 Å². The minimum Gasteiger partial charge on any atom is -0.367 e. The van der Waals surface area contributed by atoms with E-state index < -0.39 is 6.29 Å². The number of hydrogen-bond acceptors (Lipinski definition) is 3. The van der Waals surface area contributed by atoms with Crippen molar-refractivity contribution in [2.45, 2.75) is 6.29 Å². The van der Waals surface area contributed by atoms with Crippen LogP contribution in [0.2, 0.25) is 0 Å². The molecular formula is C4H12FNO2. The largest absolute Gasteiger partial charge is 0.367 e. The summed E-state index contributed by atoms with van der Waals surface area (Å²) in [4.78, 5) is 1.70. The Labute approximate surface area is 47.9 Å². The van der Waals surface area contributed by atoms with Gasteiger partial charge in [0.05, 0.1) is 0 Å². The van der Waals surface area contributed by atoms with Crippen molar-refractivity contribution < 1.29 is 14.9 Å². The number of aliphatic hydroxyl groups is 2. The van der Waals surface area contributed by atoms with Crippen LogP contribution < -0.4 is 0 Å². The third-order valence-electron chi connectivity index (χ3n) is 0.528. The normalized spacial score (nSPS) is 9.75. The third kappa shape index (κ3) is 9.26. The van der Waals surface area contributed by atoms with E-state index in [4.69, 9.17) is 10.2 Å². The Hall–Kier alpha value is -0.190. The lowest BCUT2D eigenvalue weighted by atomic mass is 10.6. The molecule has 3 nitrogen and oxygen atoms in total. The van der Waals surface area contributed by atoms with Crippen molar-refractivity contribution in [1.82, 2.24) is 4.90 Å². The van der Waals surface area contributed by atoms with Crippen molar-refractivity contribution in [3.05, 3.63) is 0 Å². The average Bonchev–Trinajstić information content (AvgIpc) is 1.27. The fraction of sp³-hybridized carbons (Fsp3) is 1.00. The first-order valence-corrected chi connectivity index (χ1v) is 2.14. The van der Waals surface area contributed by atoms with E-state index in [0.29, 0.717) is 6.54 Å². The maximum absolute atomic E-state index is 8.24. The molecule has 0 aromatic carbocycles. The monoisotopic (exact) mass is 125 g/mol. The highest BCUT2D eigenvalue weighted by atomic mass is 19.0. The molecule has 0 aromatic heterocycles. The van der Waals surface area contributed by atoms with Crippen molar-refractivity contribution in [3.8, 4) is 0 Å². The molecule has 4 heteroatoms. The molecule has 0 spiro atoms. The molecule has 0 unspecified atom stereocenters.